The topological polar surface area (TPSA) is 114 Å². The number of hydrogen-bond donors (Lipinski definition) is 0. The van der Waals surface area contributed by atoms with Crippen molar-refractivity contribution in [2.45, 2.75) is 19.3 Å². The van der Waals surface area contributed by atoms with E-state index in [1.54, 1.807) is 4.90 Å². The van der Waals surface area contributed by atoms with Crippen LogP contribution in [0.1, 0.15) is 25.0 Å². The van der Waals surface area contributed by atoms with E-state index in [1.165, 1.54) is 30.4 Å². The van der Waals surface area contributed by atoms with Crippen LogP contribution >= 0.6 is 11.8 Å². The van der Waals surface area contributed by atoms with Crippen LogP contribution in [0.5, 0.6) is 0 Å². The second-order valence-electron chi connectivity index (χ2n) is 6.02. The van der Waals surface area contributed by atoms with Crippen LogP contribution in [-0.4, -0.2) is 51.4 Å². The van der Waals surface area contributed by atoms with E-state index in [2.05, 4.69) is 0 Å². The first kappa shape index (κ1) is 18.9. The van der Waals surface area contributed by atoms with Crippen molar-refractivity contribution < 1.29 is 23.7 Å². The summed E-state index contributed by atoms with van der Waals surface area (Å²) in [5.41, 5.74) is 0. The molecule has 27 heavy (non-hydrogen) atoms. The fraction of sp³-hybridized carbons (Fsp3) is 0.353. The maximum atomic E-state index is 12.4. The van der Waals surface area contributed by atoms with Crippen LogP contribution in [0.3, 0.4) is 0 Å². The smallest absolute Gasteiger partial charge is 0.401 e. The van der Waals surface area contributed by atoms with Crippen molar-refractivity contribution in [2.75, 3.05) is 19.6 Å². The summed E-state index contributed by atoms with van der Waals surface area (Å²) in [7, 11) is 0. The lowest BCUT2D eigenvalue weighted by molar-refractivity contribution is -0.402. The molecule has 2 aliphatic heterocycles. The van der Waals surface area contributed by atoms with Crippen molar-refractivity contribution in [2.24, 2.45) is 0 Å². The van der Waals surface area contributed by atoms with Crippen LogP contribution in [-0.2, 0) is 9.59 Å². The summed E-state index contributed by atoms with van der Waals surface area (Å²) in [5, 5.41) is 10.1. The SMILES string of the molecule is O=C(CN1C(=O)S/C(=C\C=C\c2ccc([N+](=O)[O-])o2)C1=O)N1CCCCC1. The van der Waals surface area contributed by atoms with Crippen LogP contribution in [0.25, 0.3) is 6.08 Å². The number of carbonyl (C=O) groups is 3. The minimum absolute atomic E-state index is 0.184. The summed E-state index contributed by atoms with van der Waals surface area (Å²) >= 11 is 0.753. The zero-order valence-corrected chi connectivity index (χ0v) is 15.1. The normalized spacial score (nSPS) is 19.5. The van der Waals surface area contributed by atoms with Gasteiger partial charge in [-0.05, 0) is 49.2 Å². The second kappa shape index (κ2) is 8.21. The summed E-state index contributed by atoms with van der Waals surface area (Å²) in [6, 6.07) is 2.64. The number of imide groups is 1. The number of amides is 3. The zero-order valence-electron chi connectivity index (χ0n) is 14.3. The first-order chi connectivity index (χ1) is 13.0. The van der Waals surface area contributed by atoms with Gasteiger partial charge in [-0.1, -0.05) is 6.08 Å². The molecule has 0 atom stereocenters. The first-order valence-corrected chi connectivity index (χ1v) is 9.21. The molecule has 0 aliphatic carbocycles. The molecule has 10 heteroatoms. The van der Waals surface area contributed by atoms with Gasteiger partial charge >= 0.3 is 5.88 Å². The number of rotatable bonds is 5. The van der Waals surface area contributed by atoms with Gasteiger partial charge < -0.3 is 9.32 Å². The molecule has 3 amide bonds. The average Bonchev–Trinajstić information content (AvgIpc) is 3.23. The number of nitro groups is 1. The molecule has 3 heterocycles. The Labute approximate surface area is 158 Å². The van der Waals surface area contributed by atoms with Gasteiger partial charge in [0, 0.05) is 13.1 Å². The number of hydrogen-bond acceptors (Lipinski definition) is 7. The van der Waals surface area contributed by atoms with Crippen LogP contribution in [0.2, 0.25) is 0 Å². The van der Waals surface area contributed by atoms with E-state index in [0.717, 1.165) is 35.9 Å². The van der Waals surface area contributed by atoms with Gasteiger partial charge in [0.1, 0.15) is 17.2 Å². The van der Waals surface area contributed by atoms with Crippen LogP contribution in [0.4, 0.5) is 10.7 Å². The molecule has 2 saturated heterocycles. The molecule has 0 aromatic carbocycles. The first-order valence-electron chi connectivity index (χ1n) is 8.40. The van der Waals surface area contributed by atoms with Gasteiger partial charge in [-0.3, -0.25) is 29.4 Å². The molecule has 0 saturated carbocycles. The molecular formula is C17H17N3O6S. The van der Waals surface area contributed by atoms with Crippen molar-refractivity contribution in [1.82, 2.24) is 9.80 Å². The lowest BCUT2D eigenvalue weighted by Gasteiger charge is -2.27. The molecule has 1 aromatic rings. The van der Waals surface area contributed by atoms with Crippen LogP contribution < -0.4 is 0 Å². The second-order valence-corrected chi connectivity index (χ2v) is 7.02. The van der Waals surface area contributed by atoms with Crippen LogP contribution in [0, 0.1) is 10.1 Å². The molecule has 0 bridgehead atoms. The molecular weight excluding hydrogens is 374 g/mol. The summed E-state index contributed by atoms with van der Waals surface area (Å²) in [4.78, 5) is 49.4. The number of likely N-dealkylation sites (tertiary alicyclic amines) is 1. The fourth-order valence-corrected chi connectivity index (χ4v) is 3.58. The Morgan fingerprint density at radius 1 is 1.26 bits per heavy atom. The third kappa shape index (κ3) is 4.45. The van der Waals surface area contributed by atoms with Gasteiger partial charge in [-0.25, -0.2) is 0 Å². The molecule has 0 spiro atoms. The van der Waals surface area contributed by atoms with Crippen molar-refractivity contribution in [3.05, 3.63) is 45.1 Å². The molecule has 2 aliphatic rings. The predicted molar refractivity (Wildman–Crippen MR) is 97.6 cm³/mol. The number of thioether (sulfide) groups is 1. The van der Waals surface area contributed by atoms with Gasteiger partial charge in [0.2, 0.25) is 5.91 Å². The summed E-state index contributed by atoms with van der Waals surface area (Å²) in [5.74, 6) is -0.884. The van der Waals surface area contributed by atoms with E-state index in [0.29, 0.717) is 13.1 Å². The third-order valence-electron chi connectivity index (χ3n) is 4.18. The quantitative estimate of drug-likeness (QED) is 0.431. The van der Waals surface area contributed by atoms with Crippen molar-refractivity contribution in [3.8, 4) is 0 Å². The Morgan fingerprint density at radius 2 is 2.00 bits per heavy atom. The van der Waals surface area contributed by atoms with E-state index in [4.69, 9.17) is 4.42 Å². The minimum Gasteiger partial charge on any atom is -0.401 e. The van der Waals surface area contributed by atoms with Crippen molar-refractivity contribution in [3.63, 3.8) is 0 Å². The standard InChI is InChI=1S/C17H17N3O6S/c21-14(18-9-2-1-3-10-18)11-19-16(22)13(27-17(19)23)6-4-5-12-7-8-15(26-12)20(24)25/h4-8H,1-3,9-11H2/b5-4+,13-6-. The van der Waals surface area contributed by atoms with Gasteiger partial charge in [-0.15, -0.1) is 0 Å². The molecule has 0 N–H and O–H groups in total. The highest BCUT2D eigenvalue weighted by molar-refractivity contribution is 8.18. The van der Waals surface area contributed by atoms with Gasteiger partial charge in [0.25, 0.3) is 11.1 Å². The van der Waals surface area contributed by atoms with Crippen LogP contribution in [0.15, 0.2) is 33.6 Å². The Morgan fingerprint density at radius 3 is 2.67 bits per heavy atom. The van der Waals surface area contributed by atoms with E-state index in [-0.39, 0.29) is 29.0 Å². The Hall–Kier alpha value is -2.88. The fourth-order valence-electron chi connectivity index (χ4n) is 2.79. The molecule has 2 fully saturated rings. The Balaban J connectivity index is 1.62. The van der Waals surface area contributed by atoms with Gasteiger partial charge in [-0.2, -0.15) is 0 Å². The van der Waals surface area contributed by atoms with Crippen molar-refractivity contribution in [1.29, 1.82) is 0 Å². The minimum atomic E-state index is -0.651. The third-order valence-corrected chi connectivity index (χ3v) is 5.10. The predicted octanol–water partition coefficient (Wildman–Crippen LogP) is 2.79. The number of carbonyl (C=O) groups excluding carboxylic acids is 3. The average molecular weight is 391 g/mol. The maximum absolute atomic E-state index is 12.4. The monoisotopic (exact) mass is 391 g/mol. The lowest BCUT2D eigenvalue weighted by Crippen LogP contribution is -2.44. The molecule has 0 unspecified atom stereocenters. The molecule has 1 aromatic heterocycles. The van der Waals surface area contributed by atoms with Gasteiger partial charge in [0.15, 0.2) is 0 Å². The number of allylic oxidation sites excluding steroid dienone is 2. The summed E-state index contributed by atoms with van der Waals surface area (Å²) in [6.07, 6.45) is 7.28. The summed E-state index contributed by atoms with van der Waals surface area (Å²) in [6.45, 7) is 1.06. The highest BCUT2D eigenvalue weighted by Crippen LogP contribution is 2.30. The maximum Gasteiger partial charge on any atom is 0.433 e. The number of nitrogens with zero attached hydrogens (tertiary/aromatic N) is 3. The van der Waals surface area contributed by atoms with Crippen molar-refractivity contribution >= 4 is 40.8 Å². The van der Waals surface area contributed by atoms with E-state index in [1.807, 2.05) is 0 Å². The highest BCUT2D eigenvalue weighted by Gasteiger charge is 2.36. The molecule has 142 valence electrons. The summed E-state index contributed by atoms with van der Waals surface area (Å²) < 4.78 is 4.96. The highest BCUT2D eigenvalue weighted by atomic mass is 32.2. The van der Waals surface area contributed by atoms with Gasteiger partial charge in [0.05, 0.1) is 11.0 Å². The lowest BCUT2D eigenvalue weighted by atomic mass is 10.1. The van der Waals surface area contributed by atoms with E-state index in [9.17, 15) is 24.5 Å². The number of piperidine rings is 1. The molecule has 0 radical (unpaired) electrons. The Kier molecular flexibility index (Phi) is 5.75. The largest absolute Gasteiger partial charge is 0.433 e. The zero-order chi connectivity index (χ0) is 19.4. The molecule has 9 nitrogen and oxygen atoms in total. The Bertz CT molecular complexity index is 837. The van der Waals surface area contributed by atoms with E-state index < -0.39 is 16.1 Å². The molecule has 3 rings (SSSR count). The number of furan rings is 1. The van der Waals surface area contributed by atoms with E-state index >= 15 is 0 Å².